The van der Waals surface area contributed by atoms with Crippen LogP contribution in [0.5, 0.6) is 0 Å². The largest absolute Gasteiger partial charge is 0.394 e. The molecule has 0 atom stereocenters. The van der Waals surface area contributed by atoms with Crippen molar-refractivity contribution in [1.82, 2.24) is 4.98 Å². The maximum Gasteiger partial charge on any atom is 0.183 e. The Morgan fingerprint density at radius 1 is 1.46 bits per heavy atom. The predicted octanol–water partition coefficient (Wildman–Crippen LogP) is 1.94. The van der Waals surface area contributed by atoms with E-state index in [1.807, 2.05) is 27.7 Å². The summed E-state index contributed by atoms with van der Waals surface area (Å²) >= 11 is 1.62. The summed E-state index contributed by atoms with van der Waals surface area (Å²) in [6, 6.07) is 0. The van der Waals surface area contributed by atoms with E-state index in [1.54, 1.807) is 11.3 Å². The molecule has 0 saturated carbocycles. The van der Waals surface area contributed by atoms with Crippen molar-refractivity contribution in [2.75, 3.05) is 11.9 Å². The molecule has 3 nitrogen and oxygen atoms in total. The zero-order valence-electron chi connectivity index (χ0n) is 8.51. The van der Waals surface area contributed by atoms with Gasteiger partial charge in [0.2, 0.25) is 0 Å². The van der Waals surface area contributed by atoms with E-state index in [0.717, 1.165) is 10.8 Å². The van der Waals surface area contributed by atoms with Crippen molar-refractivity contribution in [3.63, 3.8) is 0 Å². The van der Waals surface area contributed by atoms with Gasteiger partial charge in [-0.05, 0) is 27.7 Å². The molecule has 0 radical (unpaired) electrons. The molecule has 1 heterocycles. The summed E-state index contributed by atoms with van der Waals surface area (Å²) in [5.41, 5.74) is 0.762. The van der Waals surface area contributed by atoms with Crippen LogP contribution in [-0.4, -0.2) is 22.2 Å². The number of rotatable bonds is 3. The molecule has 0 aliphatic heterocycles. The molecule has 0 fully saturated rings. The van der Waals surface area contributed by atoms with E-state index in [9.17, 15) is 0 Å². The molecule has 0 amide bonds. The highest BCUT2D eigenvalue weighted by Crippen LogP contribution is 2.23. The Hall–Kier alpha value is -0.610. The summed E-state index contributed by atoms with van der Waals surface area (Å²) in [5, 5.41) is 13.1. The van der Waals surface area contributed by atoms with Gasteiger partial charge in [0.1, 0.15) is 0 Å². The molecule has 0 spiro atoms. The van der Waals surface area contributed by atoms with Gasteiger partial charge in [0, 0.05) is 4.88 Å². The molecule has 0 saturated heterocycles. The smallest absolute Gasteiger partial charge is 0.183 e. The van der Waals surface area contributed by atoms with Gasteiger partial charge < -0.3 is 10.4 Å². The molecular weight excluding hydrogens is 184 g/mol. The van der Waals surface area contributed by atoms with Crippen LogP contribution in [0.2, 0.25) is 0 Å². The van der Waals surface area contributed by atoms with Crippen molar-refractivity contribution in [2.45, 2.75) is 33.2 Å². The van der Waals surface area contributed by atoms with Crippen LogP contribution in [0.3, 0.4) is 0 Å². The molecule has 1 rings (SSSR count). The Morgan fingerprint density at radius 2 is 2.08 bits per heavy atom. The van der Waals surface area contributed by atoms with Crippen molar-refractivity contribution in [2.24, 2.45) is 0 Å². The predicted molar refractivity (Wildman–Crippen MR) is 56.4 cm³/mol. The van der Waals surface area contributed by atoms with Gasteiger partial charge in [-0.25, -0.2) is 4.98 Å². The zero-order chi connectivity index (χ0) is 10.1. The minimum atomic E-state index is -0.295. The first-order valence-corrected chi connectivity index (χ1v) is 5.09. The number of nitrogens with zero attached hydrogens (tertiary/aromatic N) is 1. The second kappa shape index (κ2) is 3.64. The lowest BCUT2D eigenvalue weighted by Crippen LogP contribution is -2.34. The molecule has 0 aliphatic rings. The molecule has 0 bridgehead atoms. The Labute approximate surface area is 82.8 Å². The van der Waals surface area contributed by atoms with E-state index < -0.39 is 0 Å². The SMILES string of the molecule is Cc1nc(NC(C)(C)CO)sc1C. The van der Waals surface area contributed by atoms with E-state index in [0.29, 0.717) is 0 Å². The van der Waals surface area contributed by atoms with Crippen LogP contribution in [0, 0.1) is 13.8 Å². The van der Waals surface area contributed by atoms with Crippen molar-refractivity contribution in [1.29, 1.82) is 0 Å². The second-order valence-electron chi connectivity index (χ2n) is 3.83. The van der Waals surface area contributed by atoms with E-state index in [4.69, 9.17) is 5.11 Å². The molecule has 0 aliphatic carbocycles. The standard InChI is InChI=1S/C9H16N2OS/c1-6-7(2)13-8(10-6)11-9(3,4)5-12/h12H,5H2,1-4H3,(H,10,11). The highest BCUT2D eigenvalue weighted by molar-refractivity contribution is 7.15. The summed E-state index contributed by atoms with van der Waals surface area (Å²) in [7, 11) is 0. The van der Waals surface area contributed by atoms with Crippen molar-refractivity contribution < 1.29 is 5.11 Å². The third kappa shape index (κ3) is 2.67. The van der Waals surface area contributed by atoms with Crippen molar-refractivity contribution in [3.05, 3.63) is 10.6 Å². The second-order valence-corrected chi connectivity index (χ2v) is 5.03. The summed E-state index contributed by atoms with van der Waals surface area (Å²) in [6.07, 6.45) is 0. The van der Waals surface area contributed by atoms with Crippen molar-refractivity contribution >= 4 is 16.5 Å². The number of aliphatic hydroxyl groups excluding tert-OH is 1. The Morgan fingerprint density at radius 3 is 2.46 bits per heavy atom. The van der Waals surface area contributed by atoms with Gasteiger partial charge in [-0.2, -0.15) is 0 Å². The molecule has 4 heteroatoms. The zero-order valence-corrected chi connectivity index (χ0v) is 9.33. The fourth-order valence-corrected chi connectivity index (χ4v) is 1.85. The average Bonchev–Trinajstić information content (AvgIpc) is 2.30. The van der Waals surface area contributed by atoms with Crippen molar-refractivity contribution in [3.8, 4) is 0 Å². The lowest BCUT2D eigenvalue weighted by Gasteiger charge is -2.22. The van der Waals surface area contributed by atoms with E-state index >= 15 is 0 Å². The molecule has 1 aromatic heterocycles. The van der Waals surface area contributed by atoms with E-state index in [1.165, 1.54) is 4.88 Å². The lowest BCUT2D eigenvalue weighted by molar-refractivity contribution is 0.234. The summed E-state index contributed by atoms with van der Waals surface area (Å²) in [6.45, 7) is 8.02. The first kappa shape index (κ1) is 10.5. The fourth-order valence-electron chi connectivity index (χ4n) is 0.855. The number of thiazole rings is 1. The number of aromatic nitrogens is 1. The Bertz CT molecular complexity index is 274. The van der Waals surface area contributed by atoms with Gasteiger partial charge in [0.25, 0.3) is 0 Å². The summed E-state index contributed by atoms with van der Waals surface area (Å²) in [5.74, 6) is 0. The summed E-state index contributed by atoms with van der Waals surface area (Å²) < 4.78 is 0. The molecule has 13 heavy (non-hydrogen) atoms. The third-order valence-corrected chi connectivity index (χ3v) is 2.86. The monoisotopic (exact) mass is 200 g/mol. The highest BCUT2D eigenvalue weighted by atomic mass is 32.1. The lowest BCUT2D eigenvalue weighted by atomic mass is 10.1. The van der Waals surface area contributed by atoms with Gasteiger partial charge in [-0.3, -0.25) is 0 Å². The van der Waals surface area contributed by atoms with E-state index in [2.05, 4.69) is 10.3 Å². The Kier molecular flexibility index (Phi) is 2.93. The third-order valence-electron chi connectivity index (χ3n) is 1.87. The minimum Gasteiger partial charge on any atom is -0.394 e. The average molecular weight is 200 g/mol. The quantitative estimate of drug-likeness (QED) is 0.783. The van der Waals surface area contributed by atoms with Gasteiger partial charge in [0.05, 0.1) is 17.8 Å². The first-order chi connectivity index (χ1) is 5.94. The number of anilines is 1. The van der Waals surface area contributed by atoms with Crippen LogP contribution >= 0.6 is 11.3 Å². The van der Waals surface area contributed by atoms with Crippen LogP contribution in [0.4, 0.5) is 5.13 Å². The number of hydrogen-bond donors (Lipinski definition) is 2. The maximum absolute atomic E-state index is 9.05. The normalized spacial score (nSPS) is 11.8. The minimum absolute atomic E-state index is 0.102. The summed E-state index contributed by atoms with van der Waals surface area (Å²) in [4.78, 5) is 5.56. The number of aliphatic hydroxyl groups is 1. The molecule has 0 aromatic carbocycles. The highest BCUT2D eigenvalue weighted by Gasteiger charge is 2.17. The van der Waals surface area contributed by atoms with Gasteiger partial charge in [-0.1, -0.05) is 0 Å². The van der Waals surface area contributed by atoms with Gasteiger partial charge in [0.15, 0.2) is 5.13 Å². The van der Waals surface area contributed by atoms with Crippen LogP contribution in [0.1, 0.15) is 24.4 Å². The fraction of sp³-hybridized carbons (Fsp3) is 0.667. The van der Waals surface area contributed by atoms with Crippen LogP contribution in [-0.2, 0) is 0 Å². The number of hydrogen-bond acceptors (Lipinski definition) is 4. The molecule has 2 N–H and O–H groups in total. The first-order valence-electron chi connectivity index (χ1n) is 4.28. The maximum atomic E-state index is 9.05. The molecule has 1 aromatic rings. The molecule has 0 unspecified atom stereocenters. The van der Waals surface area contributed by atoms with Gasteiger partial charge in [-0.15, -0.1) is 11.3 Å². The van der Waals surface area contributed by atoms with Crippen LogP contribution in [0.15, 0.2) is 0 Å². The topological polar surface area (TPSA) is 45.2 Å². The van der Waals surface area contributed by atoms with E-state index in [-0.39, 0.29) is 12.1 Å². The van der Waals surface area contributed by atoms with Crippen LogP contribution in [0.25, 0.3) is 0 Å². The van der Waals surface area contributed by atoms with Gasteiger partial charge >= 0.3 is 0 Å². The molecule has 74 valence electrons. The van der Waals surface area contributed by atoms with Crippen LogP contribution < -0.4 is 5.32 Å². The number of aryl methyl sites for hydroxylation is 2. The Balaban J connectivity index is 2.75. The number of nitrogens with one attached hydrogen (secondary N) is 1. The molecular formula is C9H16N2OS.